The molecular formula is C27H27N3O2. The molecule has 2 aliphatic heterocycles. The lowest BCUT2D eigenvalue weighted by Gasteiger charge is -2.23. The van der Waals surface area contributed by atoms with Gasteiger partial charge in [-0.05, 0) is 49.1 Å². The SMILES string of the molecule is Cc1cc(C2=NCc3cc(CC(=O)C[C@@H](c4ccccc4)[C@H]4CCCO4)ncc32)ccn1. The average molecular weight is 426 g/mol. The van der Waals surface area contributed by atoms with Crippen molar-refractivity contribution in [2.24, 2.45) is 4.99 Å². The van der Waals surface area contributed by atoms with Crippen LogP contribution < -0.4 is 0 Å². The third-order valence-electron chi connectivity index (χ3n) is 6.35. The van der Waals surface area contributed by atoms with Gasteiger partial charge in [0.15, 0.2) is 0 Å². The number of rotatable bonds is 7. The van der Waals surface area contributed by atoms with Crippen LogP contribution in [-0.2, 0) is 22.5 Å². The molecule has 0 amide bonds. The van der Waals surface area contributed by atoms with Gasteiger partial charge in [0.1, 0.15) is 5.78 Å². The van der Waals surface area contributed by atoms with Crippen LogP contribution in [0.4, 0.5) is 0 Å². The number of aromatic nitrogens is 2. The quantitative estimate of drug-likeness (QED) is 0.555. The molecule has 0 saturated carbocycles. The van der Waals surface area contributed by atoms with Crippen LogP contribution in [0.2, 0.25) is 0 Å². The van der Waals surface area contributed by atoms with Crippen LogP contribution in [0.15, 0.2) is 65.9 Å². The summed E-state index contributed by atoms with van der Waals surface area (Å²) in [5.41, 5.74) is 7.16. The summed E-state index contributed by atoms with van der Waals surface area (Å²) in [6, 6.07) is 16.3. The summed E-state index contributed by atoms with van der Waals surface area (Å²) in [4.78, 5) is 26.7. The van der Waals surface area contributed by atoms with Crippen LogP contribution in [0.3, 0.4) is 0 Å². The van der Waals surface area contributed by atoms with Crippen LogP contribution in [0.5, 0.6) is 0 Å². The van der Waals surface area contributed by atoms with E-state index in [1.54, 1.807) is 0 Å². The van der Waals surface area contributed by atoms with Crippen molar-refractivity contribution in [1.82, 2.24) is 9.97 Å². The van der Waals surface area contributed by atoms with Gasteiger partial charge in [-0.15, -0.1) is 0 Å². The maximum absolute atomic E-state index is 13.0. The molecule has 0 bridgehead atoms. The first-order valence-electron chi connectivity index (χ1n) is 11.3. The standard InChI is InChI=1S/C27H27N3O2/c1-18-12-20(9-10-28-18)27-25-17-29-22(13-21(25)16-30-27)14-23(31)15-24(26-8-5-11-32-26)19-6-3-2-4-7-19/h2-4,6-7,9-10,12-13,17,24,26H,5,8,11,14-16H2,1H3/t24-,26+/m0/s1. The Morgan fingerprint density at radius 2 is 2.03 bits per heavy atom. The number of hydrogen-bond donors (Lipinski definition) is 0. The lowest BCUT2D eigenvalue weighted by Crippen LogP contribution is -2.22. The van der Waals surface area contributed by atoms with E-state index in [0.29, 0.717) is 19.4 Å². The van der Waals surface area contributed by atoms with Crippen molar-refractivity contribution in [2.75, 3.05) is 6.61 Å². The summed E-state index contributed by atoms with van der Waals surface area (Å²) in [6.07, 6.45) is 6.69. The molecule has 1 saturated heterocycles. The van der Waals surface area contributed by atoms with E-state index in [4.69, 9.17) is 9.73 Å². The Kier molecular flexibility index (Phi) is 5.91. The fourth-order valence-electron chi connectivity index (χ4n) is 4.78. The Morgan fingerprint density at radius 3 is 2.81 bits per heavy atom. The molecule has 0 unspecified atom stereocenters. The minimum absolute atomic E-state index is 0.102. The highest BCUT2D eigenvalue weighted by Gasteiger charge is 2.29. The summed E-state index contributed by atoms with van der Waals surface area (Å²) in [5.74, 6) is 0.302. The number of Topliss-reactive ketones (excluding diaryl/α,β-unsaturated/α-hetero) is 1. The first kappa shape index (κ1) is 20.7. The van der Waals surface area contributed by atoms with E-state index >= 15 is 0 Å². The van der Waals surface area contributed by atoms with Crippen LogP contribution in [0.1, 0.15) is 58.8 Å². The Bertz CT molecular complexity index is 1150. The normalized spacial score (nSPS) is 18.3. The Balaban J connectivity index is 1.30. The van der Waals surface area contributed by atoms with Gasteiger partial charge in [-0.2, -0.15) is 0 Å². The van der Waals surface area contributed by atoms with Crippen molar-refractivity contribution in [3.63, 3.8) is 0 Å². The maximum atomic E-state index is 13.0. The van der Waals surface area contributed by atoms with Crippen molar-refractivity contribution < 1.29 is 9.53 Å². The molecule has 1 aromatic carbocycles. The fraction of sp³-hybridized carbons (Fsp3) is 0.333. The van der Waals surface area contributed by atoms with Crippen LogP contribution in [0.25, 0.3) is 0 Å². The zero-order chi connectivity index (χ0) is 21.9. The van der Waals surface area contributed by atoms with E-state index in [2.05, 4.69) is 22.1 Å². The number of carbonyl (C=O) groups is 1. The summed E-state index contributed by atoms with van der Waals surface area (Å²) in [5, 5.41) is 0. The zero-order valence-corrected chi connectivity index (χ0v) is 18.3. The largest absolute Gasteiger partial charge is 0.378 e. The number of hydrogen-bond acceptors (Lipinski definition) is 5. The van der Waals surface area contributed by atoms with Gasteiger partial charge in [0, 0.05) is 60.3 Å². The third kappa shape index (κ3) is 4.39. The lowest BCUT2D eigenvalue weighted by molar-refractivity contribution is -0.119. The monoisotopic (exact) mass is 425 g/mol. The van der Waals surface area contributed by atoms with Crippen LogP contribution in [-0.4, -0.2) is 34.2 Å². The number of nitrogens with zero attached hydrogens (tertiary/aromatic N) is 3. The summed E-state index contributed by atoms with van der Waals surface area (Å²) >= 11 is 0. The summed E-state index contributed by atoms with van der Waals surface area (Å²) in [6.45, 7) is 3.39. The molecule has 5 rings (SSSR count). The first-order valence-corrected chi connectivity index (χ1v) is 11.3. The highest BCUT2D eigenvalue weighted by molar-refractivity contribution is 6.15. The predicted octanol–water partition coefficient (Wildman–Crippen LogP) is 4.60. The zero-order valence-electron chi connectivity index (χ0n) is 18.3. The van der Waals surface area contributed by atoms with Gasteiger partial charge in [0.25, 0.3) is 0 Å². The highest BCUT2D eigenvalue weighted by atomic mass is 16.5. The molecule has 1 fully saturated rings. The molecule has 5 nitrogen and oxygen atoms in total. The van der Waals surface area contributed by atoms with E-state index in [1.165, 1.54) is 5.56 Å². The van der Waals surface area contributed by atoms with Gasteiger partial charge in [-0.25, -0.2) is 0 Å². The Morgan fingerprint density at radius 1 is 1.16 bits per heavy atom. The molecule has 2 aliphatic rings. The number of aryl methyl sites for hydroxylation is 1. The number of benzene rings is 1. The van der Waals surface area contributed by atoms with Gasteiger partial charge in [-0.3, -0.25) is 19.8 Å². The van der Waals surface area contributed by atoms with Crippen molar-refractivity contribution in [3.05, 3.63) is 94.6 Å². The number of ketones is 1. The van der Waals surface area contributed by atoms with Crippen LogP contribution >= 0.6 is 0 Å². The van der Waals surface area contributed by atoms with E-state index in [-0.39, 0.29) is 17.8 Å². The van der Waals surface area contributed by atoms with E-state index < -0.39 is 0 Å². The van der Waals surface area contributed by atoms with Crippen molar-refractivity contribution >= 4 is 11.5 Å². The molecule has 2 atom stereocenters. The smallest absolute Gasteiger partial charge is 0.139 e. The fourth-order valence-corrected chi connectivity index (χ4v) is 4.78. The van der Waals surface area contributed by atoms with Gasteiger partial charge in [-0.1, -0.05) is 30.3 Å². The number of aliphatic imine (C=N–C) groups is 1. The molecule has 32 heavy (non-hydrogen) atoms. The van der Waals surface area contributed by atoms with Gasteiger partial charge < -0.3 is 4.74 Å². The minimum Gasteiger partial charge on any atom is -0.378 e. The number of fused-ring (bicyclic) bond motifs is 1. The Labute approximate surface area is 188 Å². The molecule has 162 valence electrons. The van der Waals surface area contributed by atoms with E-state index in [9.17, 15) is 4.79 Å². The molecule has 0 N–H and O–H groups in total. The van der Waals surface area contributed by atoms with Gasteiger partial charge >= 0.3 is 0 Å². The number of pyridine rings is 2. The molecule has 3 aromatic rings. The van der Waals surface area contributed by atoms with Crippen molar-refractivity contribution in [2.45, 2.75) is 51.2 Å². The van der Waals surface area contributed by atoms with Crippen LogP contribution in [0, 0.1) is 6.92 Å². The predicted molar refractivity (Wildman–Crippen MR) is 124 cm³/mol. The topological polar surface area (TPSA) is 64.4 Å². The Hall–Kier alpha value is -3.18. The molecule has 0 radical (unpaired) electrons. The first-order chi connectivity index (χ1) is 15.7. The summed E-state index contributed by atoms with van der Waals surface area (Å²) in [7, 11) is 0. The molecule has 5 heteroatoms. The van der Waals surface area contributed by atoms with Crippen molar-refractivity contribution in [1.29, 1.82) is 0 Å². The molecule has 0 aliphatic carbocycles. The molecular weight excluding hydrogens is 398 g/mol. The number of carbonyl (C=O) groups excluding carboxylic acids is 1. The maximum Gasteiger partial charge on any atom is 0.139 e. The van der Waals surface area contributed by atoms with Gasteiger partial charge in [0.05, 0.1) is 18.4 Å². The summed E-state index contributed by atoms with van der Waals surface area (Å²) < 4.78 is 5.96. The van der Waals surface area contributed by atoms with Gasteiger partial charge in [0.2, 0.25) is 0 Å². The van der Waals surface area contributed by atoms with E-state index in [0.717, 1.165) is 53.2 Å². The second-order valence-corrected chi connectivity index (χ2v) is 8.67. The number of ether oxygens (including phenoxy) is 1. The average Bonchev–Trinajstić information content (AvgIpc) is 3.48. The third-order valence-corrected chi connectivity index (χ3v) is 6.35. The minimum atomic E-state index is 0.102. The molecule has 0 spiro atoms. The van der Waals surface area contributed by atoms with E-state index in [1.807, 2.05) is 55.7 Å². The molecule has 2 aromatic heterocycles. The second kappa shape index (κ2) is 9.13. The second-order valence-electron chi connectivity index (χ2n) is 8.67. The molecule has 4 heterocycles. The highest BCUT2D eigenvalue weighted by Crippen LogP contribution is 2.32. The van der Waals surface area contributed by atoms with Crippen molar-refractivity contribution in [3.8, 4) is 0 Å². The lowest BCUT2D eigenvalue weighted by atomic mass is 9.86.